The van der Waals surface area contributed by atoms with Crippen LogP contribution in [0.3, 0.4) is 0 Å². The number of amides is 2. The van der Waals surface area contributed by atoms with Gasteiger partial charge in [0.1, 0.15) is 0 Å². The van der Waals surface area contributed by atoms with Crippen LogP contribution >= 0.6 is 11.6 Å². The zero-order valence-electron chi connectivity index (χ0n) is 11.1. The minimum absolute atomic E-state index is 0.0556. The Kier molecular flexibility index (Phi) is 6.36. The maximum Gasteiger partial charge on any atom is 0.251 e. The molecule has 0 aliphatic carbocycles. The number of hydrogen-bond acceptors (Lipinski definition) is 2. The van der Waals surface area contributed by atoms with Crippen molar-refractivity contribution in [2.75, 3.05) is 6.54 Å². The first kappa shape index (κ1) is 15.5. The Morgan fingerprint density at radius 1 is 1.37 bits per heavy atom. The number of halogens is 1. The summed E-state index contributed by atoms with van der Waals surface area (Å²) in [6.45, 7) is 5.77. The molecule has 2 N–H and O–H groups in total. The molecule has 2 amide bonds. The van der Waals surface area contributed by atoms with E-state index >= 15 is 0 Å². The van der Waals surface area contributed by atoms with E-state index in [1.807, 2.05) is 0 Å². The molecular weight excluding hydrogens is 264 g/mol. The van der Waals surface area contributed by atoms with Crippen molar-refractivity contribution in [3.8, 4) is 0 Å². The summed E-state index contributed by atoms with van der Waals surface area (Å²) >= 11 is 5.79. The third-order valence-corrected chi connectivity index (χ3v) is 2.58. The lowest BCUT2D eigenvalue weighted by atomic mass is 10.1. The monoisotopic (exact) mass is 281 g/mol. The van der Waals surface area contributed by atoms with Crippen LogP contribution < -0.4 is 10.6 Å². The number of hydrogen-bond donors (Lipinski definition) is 2. The van der Waals surface area contributed by atoms with Crippen LogP contribution in [0.15, 0.2) is 24.3 Å². The molecule has 0 unspecified atom stereocenters. The van der Waals surface area contributed by atoms with E-state index in [4.69, 9.17) is 11.6 Å². The third-order valence-electron chi connectivity index (χ3n) is 2.35. The molecule has 0 spiro atoms. The van der Waals surface area contributed by atoms with Gasteiger partial charge in [-0.25, -0.2) is 0 Å². The molecule has 1 aromatic carbocycles. The summed E-state index contributed by atoms with van der Waals surface area (Å²) in [6, 6.07) is 6.57. The molecule has 1 aromatic rings. The van der Waals surface area contributed by atoms with Gasteiger partial charge in [-0.2, -0.15) is 0 Å². The molecule has 0 saturated carbocycles. The molecule has 0 bridgehead atoms. The van der Waals surface area contributed by atoms with Gasteiger partial charge in [0.2, 0.25) is 5.91 Å². The van der Waals surface area contributed by atoms with Crippen LogP contribution in [0.1, 0.15) is 30.6 Å². The van der Waals surface area contributed by atoms with E-state index in [9.17, 15) is 9.59 Å². The maximum absolute atomic E-state index is 11.7. The highest BCUT2D eigenvalue weighted by atomic mass is 35.5. The fourth-order valence-corrected chi connectivity index (χ4v) is 1.54. The standard InChI is InChI=1S/C14H18ClN2O2/c1-10(2)6-7-16-13(18)9-17-14(19)11-4-3-5-12(15)8-11/h3-5,7-8,10H,6,9H2,1-2H3,(H,16,18)(H,17,19). The predicted molar refractivity (Wildman–Crippen MR) is 75.7 cm³/mol. The minimum Gasteiger partial charge on any atom is -0.350 e. The van der Waals surface area contributed by atoms with Crippen molar-refractivity contribution < 1.29 is 9.59 Å². The summed E-state index contributed by atoms with van der Waals surface area (Å²) in [5, 5.41) is 5.65. The molecule has 1 radical (unpaired) electrons. The average Bonchev–Trinajstić information content (AvgIpc) is 2.35. The van der Waals surface area contributed by atoms with Gasteiger partial charge in [0, 0.05) is 17.1 Å². The molecule has 0 saturated heterocycles. The van der Waals surface area contributed by atoms with Crippen molar-refractivity contribution in [1.29, 1.82) is 0 Å². The summed E-state index contributed by atoms with van der Waals surface area (Å²) in [5.41, 5.74) is 0.437. The van der Waals surface area contributed by atoms with E-state index in [1.54, 1.807) is 30.8 Å². The Hall–Kier alpha value is -1.55. The second-order valence-corrected chi connectivity index (χ2v) is 5.03. The number of carbonyl (C=O) groups is 2. The zero-order valence-corrected chi connectivity index (χ0v) is 11.8. The van der Waals surface area contributed by atoms with Gasteiger partial charge in [0.25, 0.3) is 5.91 Å². The highest BCUT2D eigenvalue weighted by molar-refractivity contribution is 6.30. The van der Waals surface area contributed by atoms with E-state index in [2.05, 4.69) is 24.5 Å². The molecule has 4 nitrogen and oxygen atoms in total. The molecule has 103 valence electrons. The second-order valence-electron chi connectivity index (χ2n) is 4.59. The van der Waals surface area contributed by atoms with Gasteiger partial charge >= 0.3 is 0 Å². The van der Waals surface area contributed by atoms with Crippen LogP contribution in [-0.2, 0) is 4.79 Å². The van der Waals surface area contributed by atoms with Crippen LogP contribution in [0.5, 0.6) is 0 Å². The minimum atomic E-state index is -0.318. The van der Waals surface area contributed by atoms with Crippen LogP contribution in [0.2, 0.25) is 5.02 Å². The highest BCUT2D eigenvalue weighted by Crippen LogP contribution is 2.10. The van der Waals surface area contributed by atoms with Crippen molar-refractivity contribution in [3.05, 3.63) is 41.4 Å². The molecule has 0 atom stereocenters. The van der Waals surface area contributed by atoms with Crippen molar-refractivity contribution >= 4 is 23.4 Å². The normalized spacial score (nSPS) is 10.3. The molecule has 0 heterocycles. The number of benzene rings is 1. The summed E-state index contributed by atoms with van der Waals surface area (Å²) in [5.74, 6) is -0.0705. The largest absolute Gasteiger partial charge is 0.350 e. The van der Waals surface area contributed by atoms with E-state index in [0.717, 1.165) is 6.42 Å². The quantitative estimate of drug-likeness (QED) is 0.841. The smallest absolute Gasteiger partial charge is 0.251 e. The topological polar surface area (TPSA) is 58.2 Å². The fourth-order valence-electron chi connectivity index (χ4n) is 1.35. The van der Waals surface area contributed by atoms with E-state index < -0.39 is 0 Å². The Morgan fingerprint density at radius 3 is 2.74 bits per heavy atom. The van der Waals surface area contributed by atoms with Gasteiger partial charge in [-0.15, -0.1) is 0 Å². The number of nitrogens with one attached hydrogen (secondary N) is 2. The molecule has 0 aromatic heterocycles. The van der Waals surface area contributed by atoms with Gasteiger partial charge in [-0.05, 0) is 30.5 Å². The van der Waals surface area contributed by atoms with Gasteiger partial charge in [0.05, 0.1) is 6.54 Å². The van der Waals surface area contributed by atoms with Crippen LogP contribution in [0, 0.1) is 12.5 Å². The molecule has 5 heteroatoms. The lowest BCUT2D eigenvalue weighted by Gasteiger charge is -2.08. The Morgan fingerprint density at radius 2 is 2.11 bits per heavy atom. The van der Waals surface area contributed by atoms with Crippen LogP contribution in [-0.4, -0.2) is 18.4 Å². The molecule has 1 rings (SSSR count). The van der Waals surface area contributed by atoms with Crippen LogP contribution in [0.4, 0.5) is 0 Å². The molecule has 19 heavy (non-hydrogen) atoms. The molecule has 0 aliphatic heterocycles. The second kappa shape index (κ2) is 7.79. The maximum atomic E-state index is 11.7. The first-order valence-corrected chi connectivity index (χ1v) is 6.51. The first-order chi connectivity index (χ1) is 8.99. The molecule has 0 aliphatic rings. The summed E-state index contributed by atoms with van der Waals surface area (Å²) in [7, 11) is 0. The van der Waals surface area contributed by atoms with Gasteiger partial charge in [-0.3, -0.25) is 9.59 Å². The number of rotatable bonds is 6. The SMILES string of the molecule is CC(C)C[CH]NC(=O)CNC(=O)c1cccc(Cl)c1. The summed E-state index contributed by atoms with van der Waals surface area (Å²) in [6.07, 6.45) is 0.800. The number of carbonyl (C=O) groups excluding carboxylic acids is 2. The Labute approximate surface area is 118 Å². The zero-order chi connectivity index (χ0) is 14.3. The van der Waals surface area contributed by atoms with E-state index in [-0.39, 0.29) is 18.4 Å². The van der Waals surface area contributed by atoms with Gasteiger partial charge in [0.15, 0.2) is 0 Å². The van der Waals surface area contributed by atoms with E-state index in [0.29, 0.717) is 16.5 Å². The Balaban J connectivity index is 2.32. The lowest BCUT2D eigenvalue weighted by Crippen LogP contribution is -2.36. The van der Waals surface area contributed by atoms with Crippen molar-refractivity contribution in [1.82, 2.24) is 10.6 Å². The molecular formula is C14H18ClN2O2. The average molecular weight is 282 g/mol. The van der Waals surface area contributed by atoms with Crippen molar-refractivity contribution in [3.63, 3.8) is 0 Å². The summed E-state index contributed by atoms with van der Waals surface area (Å²) < 4.78 is 0. The highest BCUT2D eigenvalue weighted by Gasteiger charge is 2.08. The van der Waals surface area contributed by atoms with Crippen molar-refractivity contribution in [2.24, 2.45) is 5.92 Å². The lowest BCUT2D eigenvalue weighted by molar-refractivity contribution is -0.119. The van der Waals surface area contributed by atoms with Crippen LogP contribution in [0.25, 0.3) is 0 Å². The summed E-state index contributed by atoms with van der Waals surface area (Å²) in [4.78, 5) is 23.2. The van der Waals surface area contributed by atoms with Gasteiger partial charge < -0.3 is 10.6 Å². The predicted octanol–water partition coefficient (Wildman–Crippen LogP) is 2.39. The molecule has 0 fully saturated rings. The third kappa shape index (κ3) is 6.25. The van der Waals surface area contributed by atoms with Crippen molar-refractivity contribution in [2.45, 2.75) is 20.3 Å². The van der Waals surface area contributed by atoms with E-state index in [1.165, 1.54) is 0 Å². The Bertz CT molecular complexity index is 447. The van der Waals surface area contributed by atoms with Gasteiger partial charge in [-0.1, -0.05) is 31.5 Å². The first-order valence-electron chi connectivity index (χ1n) is 6.14. The fraction of sp³-hybridized carbons (Fsp3) is 0.357.